The van der Waals surface area contributed by atoms with Crippen molar-refractivity contribution in [1.82, 2.24) is 14.7 Å². The van der Waals surface area contributed by atoms with Crippen LogP contribution in [0.25, 0.3) is 0 Å². The molecular weight excluding hydrogens is 940 g/mol. The van der Waals surface area contributed by atoms with Gasteiger partial charge in [-0.1, -0.05) is 72.3 Å². The van der Waals surface area contributed by atoms with Crippen LogP contribution in [0.3, 0.4) is 0 Å². The number of nitrogen functional groups attached to an aromatic ring is 1. The Kier molecular flexibility index (Phi) is 42.6. The largest absolute Gasteiger partial charge is 0.515 e. The summed E-state index contributed by atoms with van der Waals surface area (Å²) < 4.78 is 25.0. The van der Waals surface area contributed by atoms with Gasteiger partial charge in [-0.25, -0.2) is 0 Å². The highest BCUT2D eigenvalue weighted by Gasteiger charge is 2.19. The fourth-order valence-corrected chi connectivity index (χ4v) is 4.90. The topological polar surface area (TPSA) is 139 Å². The molecule has 3 aliphatic rings. The molecule has 2 aromatic carbocycles. The summed E-state index contributed by atoms with van der Waals surface area (Å²) in [5, 5.41) is 17.6. The number of hydrogen-bond acceptors (Lipinski definition) is 10. The van der Waals surface area contributed by atoms with Gasteiger partial charge in [0.1, 0.15) is 12.1 Å². The minimum atomic E-state index is -3.22. The van der Waals surface area contributed by atoms with Crippen molar-refractivity contribution in [2.75, 3.05) is 85.2 Å². The van der Waals surface area contributed by atoms with Crippen LogP contribution >= 0.6 is 99.3 Å². The Morgan fingerprint density at radius 2 is 1.26 bits per heavy atom. The normalized spacial score (nSPS) is 16.7. The number of alkyl halides is 1. The Morgan fingerprint density at radius 3 is 1.62 bits per heavy atom. The summed E-state index contributed by atoms with van der Waals surface area (Å²) >= 11 is 26.0. The van der Waals surface area contributed by atoms with E-state index >= 15 is 0 Å². The first-order chi connectivity index (χ1) is 26.4. The number of halogens is 9. The molecule has 3 aliphatic heterocycles. The highest BCUT2D eigenvalue weighted by molar-refractivity contribution is 8.24. The van der Waals surface area contributed by atoms with E-state index in [2.05, 4.69) is 62.5 Å². The number of carbonyl (C=O) groups is 2. The number of likely N-dealkylation sites (tertiary alicyclic amines) is 1. The number of hydrogen-bond donors (Lipinski definition) is 4. The van der Waals surface area contributed by atoms with Gasteiger partial charge in [0.05, 0.1) is 24.9 Å². The Morgan fingerprint density at radius 1 is 0.862 bits per heavy atom. The van der Waals surface area contributed by atoms with Gasteiger partial charge >= 0.3 is 5.20 Å². The van der Waals surface area contributed by atoms with Gasteiger partial charge in [-0.05, 0) is 91.6 Å². The fraction of sp³-hybridized carbons (Fsp3) is 0.368. The molecule has 0 bridgehead atoms. The zero-order valence-electron chi connectivity index (χ0n) is 33.8. The van der Waals surface area contributed by atoms with Crippen molar-refractivity contribution in [2.45, 2.75) is 19.8 Å². The summed E-state index contributed by atoms with van der Waals surface area (Å²) in [6.07, 6.45) is 6.99. The summed E-state index contributed by atoms with van der Waals surface area (Å²) in [5.41, 5.74) is 10.5. The molecule has 1 fully saturated rings. The second-order valence-corrected chi connectivity index (χ2v) is 19.0. The summed E-state index contributed by atoms with van der Waals surface area (Å²) in [6.45, 7) is 10.5. The molecule has 10 nitrogen and oxygen atoms in total. The SMILES string of the molecule is C=CC1=C(Cl)/C(=C/Nc2ccccc2)CN(C)C1.CCO.CN1CC(C=O)=C(Cl)/C(=C/O)C1.CN1CCC(=O)CC1.Cl.Cl.Cl.Nc1ccccc1.O=P(Cl)(Cl)Cl.[2H]CF. The molecule has 2 aromatic rings. The molecule has 332 valence electrons. The lowest BCUT2D eigenvalue weighted by molar-refractivity contribution is -0.121. The lowest BCUT2D eigenvalue weighted by Gasteiger charge is -2.26. The summed E-state index contributed by atoms with van der Waals surface area (Å²) in [6, 6.07) is 19.5. The maximum Gasteiger partial charge on any atom is 0.339 e. The third-order valence-corrected chi connectivity index (χ3v) is 7.94. The van der Waals surface area contributed by atoms with Gasteiger partial charge in [-0.3, -0.25) is 28.3 Å². The lowest BCUT2D eigenvalue weighted by atomic mass is 10.1. The molecule has 5 N–H and O–H groups in total. The van der Waals surface area contributed by atoms with Crippen LogP contribution < -0.4 is 11.1 Å². The minimum Gasteiger partial charge on any atom is -0.515 e. The average molecular weight is 999 g/mol. The van der Waals surface area contributed by atoms with Crippen LogP contribution in [0.2, 0.25) is 0 Å². The number of nitrogens with zero attached hydrogens (tertiary/aromatic N) is 3. The van der Waals surface area contributed by atoms with E-state index in [-0.39, 0.29) is 43.8 Å². The van der Waals surface area contributed by atoms with E-state index in [0.29, 0.717) is 35.1 Å². The van der Waals surface area contributed by atoms with Crippen molar-refractivity contribution in [1.29, 1.82) is 0 Å². The van der Waals surface area contributed by atoms with Crippen molar-refractivity contribution < 1.29 is 30.1 Å². The average Bonchev–Trinajstić information content (AvgIpc) is 3.15. The Labute approximate surface area is 388 Å². The van der Waals surface area contributed by atoms with Gasteiger partial charge < -0.3 is 26.2 Å². The minimum absolute atomic E-state index is 0. The first kappa shape index (κ1) is 62.8. The molecule has 3 heterocycles. The number of piperidine rings is 1. The highest BCUT2D eigenvalue weighted by atomic mass is 36.0. The first-order valence-corrected chi connectivity index (χ1v) is 21.8. The number of aliphatic hydroxyl groups excluding tert-OH is 2. The van der Waals surface area contributed by atoms with E-state index in [0.717, 1.165) is 79.1 Å². The maximum atomic E-state index is 10.6. The van der Waals surface area contributed by atoms with Gasteiger partial charge in [0.25, 0.3) is 0 Å². The Balaban J connectivity index is -0.000000208. The summed E-state index contributed by atoms with van der Waals surface area (Å²) in [5.74, 6) is 0.420. The van der Waals surface area contributed by atoms with Crippen LogP contribution in [-0.4, -0.2) is 111 Å². The van der Waals surface area contributed by atoms with E-state index in [1.807, 2.05) is 91.9 Å². The maximum absolute atomic E-state index is 10.6. The molecule has 0 unspecified atom stereocenters. The Hall–Kier alpha value is -1.80. The number of anilines is 2. The molecule has 0 atom stereocenters. The zero-order valence-corrected chi connectivity index (χ0v) is 40.0. The number of nitrogens with two attached hydrogens (primary N) is 1. The van der Waals surface area contributed by atoms with Crippen LogP contribution in [0, 0.1) is 0 Å². The second-order valence-electron chi connectivity index (χ2n) is 11.6. The molecule has 0 radical (unpaired) electrons. The fourth-order valence-electron chi connectivity index (χ4n) is 4.44. The van der Waals surface area contributed by atoms with Crippen molar-refractivity contribution in [2.24, 2.45) is 0 Å². The molecule has 0 aromatic heterocycles. The van der Waals surface area contributed by atoms with Gasteiger partial charge in [-0.15, -0.1) is 37.2 Å². The smallest absolute Gasteiger partial charge is 0.339 e. The van der Waals surface area contributed by atoms with E-state index < -0.39 is 12.4 Å². The van der Waals surface area contributed by atoms with Gasteiger partial charge in [0, 0.05) is 93.0 Å². The van der Waals surface area contributed by atoms with Crippen LogP contribution in [0.1, 0.15) is 21.1 Å². The van der Waals surface area contributed by atoms with E-state index in [1.54, 1.807) is 6.92 Å². The molecule has 20 heteroatoms. The van der Waals surface area contributed by atoms with Crippen LogP contribution in [-0.2, 0) is 14.2 Å². The Bertz CT molecular complexity index is 1590. The highest BCUT2D eigenvalue weighted by Crippen LogP contribution is 2.61. The van der Waals surface area contributed by atoms with Crippen molar-refractivity contribution in [3.8, 4) is 0 Å². The predicted octanol–water partition coefficient (Wildman–Crippen LogP) is 10.9. The quantitative estimate of drug-likeness (QED) is 0.101. The number of ketones is 1. The van der Waals surface area contributed by atoms with Gasteiger partial charge in [-0.2, -0.15) is 0 Å². The molecule has 0 saturated carbocycles. The molecule has 58 heavy (non-hydrogen) atoms. The number of carbonyl (C=O) groups excluding carboxylic acids is 2. The number of aliphatic hydroxyl groups is 2. The number of para-hydroxylation sites is 2. The second kappa shape index (κ2) is 39.3. The van der Waals surface area contributed by atoms with Crippen molar-refractivity contribution in [3.05, 3.63) is 118 Å². The zero-order chi connectivity index (χ0) is 43.1. The number of benzene rings is 2. The molecule has 5 rings (SSSR count). The van der Waals surface area contributed by atoms with Crippen LogP contribution in [0.4, 0.5) is 15.8 Å². The molecule has 0 spiro atoms. The van der Waals surface area contributed by atoms with Crippen LogP contribution in [0.5, 0.6) is 0 Å². The third kappa shape index (κ3) is 34.0. The summed E-state index contributed by atoms with van der Waals surface area (Å²) in [7, 11) is 4.98. The van der Waals surface area contributed by atoms with E-state index in [4.69, 9.17) is 40.5 Å². The molecule has 0 aliphatic carbocycles. The van der Waals surface area contributed by atoms with Crippen LogP contribution in [0.15, 0.2) is 118 Å². The number of likely N-dealkylation sites (N-methyl/N-ethyl adjacent to an activating group) is 2. The van der Waals surface area contributed by atoms with Gasteiger partial charge in [0.2, 0.25) is 0 Å². The van der Waals surface area contributed by atoms with E-state index in [1.165, 1.54) is 0 Å². The van der Waals surface area contributed by atoms with Crippen molar-refractivity contribution in [3.63, 3.8) is 0 Å². The third-order valence-electron chi connectivity index (χ3n) is 6.96. The summed E-state index contributed by atoms with van der Waals surface area (Å²) in [4.78, 5) is 27.4. The predicted molar refractivity (Wildman–Crippen MR) is 255 cm³/mol. The van der Waals surface area contributed by atoms with Gasteiger partial charge in [0.15, 0.2) is 0 Å². The molecule has 0 amide bonds. The number of Topliss-reactive ketones (excluding diaryl/α,β-unsaturated/α-hetero) is 1. The lowest BCUT2D eigenvalue weighted by Crippen LogP contribution is -2.29. The first-order valence-electron chi connectivity index (χ1n) is 17.3. The number of nitrogens with one attached hydrogen (secondary N) is 1. The standard InChI is InChI=1S/C15H17ClN2.C8H10ClNO2.C6H11NO.C6H7N.C2H6O.CH3F.Cl3OP.3ClH/c1-3-12-10-18(2)11-13(15(12)16)9-17-14-7-5-4-6-8-14;1-10-2-6(4-11)8(9)7(3-10)5-12;1-7-4-2-6(8)3-5-7;7-6-4-2-1-3-5-6;1-2-3;1-2;1-5(2,3)4;;;/h3-9,17H,1,10-11H2,2H3;4-5,11H,2-3H2,1H3;2-5H2,1H3;1-5H,7H2;3H,2H2,1H3;1H3;;3*1H/b13-9+;6-4+;;;;;;;;/i;;;;;1D;;;;. The number of rotatable bonds is 4. The number of aldehydes is 1. The molecule has 1 saturated heterocycles. The molecular formula is C38H57Cl8FN5O5P. The van der Waals surface area contributed by atoms with E-state index in [9.17, 15) is 18.5 Å². The monoisotopic (exact) mass is 994 g/mol. The van der Waals surface area contributed by atoms with Crippen molar-refractivity contribution >= 4 is 123 Å².